The summed E-state index contributed by atoms with van der Waals surface area (Å²) in [7, 11) is 0. The zero-order chi connectivity index (χ0) is 19.6. The van der Waals surface area contributed by atoms with Crippen molar-refractivity contribution in [2.75, 3.05) is 6.54 Å². The summed E-state index contributed by atoms with van der Waals surface area (Å²) in [6.07, 6.45) is 2.32. The Hall–Kier alpha value is -2.58. The molecule has 0 atom stereocenters. The van der Waals surface area contributed by atoms with E-state index >= 15 is 0 Å². The van der Waals surface area contributed by atoms with Crippen LogP contribution >= 0.6 is 11.3 Å². The molecule has 2 N–H and O–H groups in total. The maximum atomic E-state index is 14.7. The van der Waals surface area contributed by atoms with Gasteiger partial charge in [-0.25, -0.2) is 14.2 Å². The monoisotopic (exact) mass is 389 g/mol. The minimum Gasteiger partial charge on any atom is -0.477 e. The van der Waals surface area contributed by atoms with Crippen LogP contribution in [0, 0.1) is 5.82 Å². The molecule has 3 aromatic rings. The van der Waals surface area contributed by atoms with Gasteiger partial charge in [-0.2, -0.15) is 0 Å². The Kier molecular flexibility index (Phi) is 5.67. The van der Waals surface area contributed by atoms with E-state index in [1.807, 2.05) is 6.92 Å². The quantitative estimate of drug-likeness (QED) is 0.605. The van der Waals surface area contributed by atoms with Crippen LogP contribution in [0.3, 0.4) is 0 Å². The molecule has 3 rings (SSSR count). The third-order valence-electron chi connectivity index (χ3n) is 4.27. The number of thiazole rings is 1. The summed E-state index contributed by atoms with van der Waals surface area (Å²) in [6, 6.07) is 2.68. The van der Waals surface area contributed by atoms with Gasteiger partial charge in [-0.05, 0) is 32.0 Å². The van der Waals surface area contributed by atoms with Gasteiger partial charge in [0.2, 0.25) is 5.43 Å². The molecule has 6 nitrogen and oxygen atoms in total. The number of carboxylic acid groups (broad SMARTS) is 1. The van der Waals surface area contributed by atoms with E-state index in [0.29, 0.717) is 29.9 Å². The molecule has 1 aromatic carbocycles. The lowest BCUT2D eigenvalue weighted by atomic mass is 10.1. The van der Waals surface area contributed by atoms with Crippen LogP contribution in [0.4, 0.5) is 4.39 Å². The standard InChI is InChI=1S/C19H20FN3O3S/c1-3-5-21-8-17-22-15(10-27-17)11-7-16-12(6-14(11)20)18(24)13(19(25)26)9-23(16)4-2/h6-7,9-10,21H,3-5,8H2,1-2H3,(H,25,26). The van der Waals surface area contributed by atoms with Crippen LogP contribution in [0.25, 0.3) is 22.2 Å². The SMILES string of the molecule is CCCNCc1nc(-c2cc3c(cc2F)c(=O)c(C(=O)O)cn3CC)cs1. The van der Waals surface area contributed by atoms with Gasteiger partial charge in [-0.3, -0.25) is 4.79 Å². The number of benzene rings is 1. The van der Waals surface area contributed by atoms with E-state index in [9.17, 15) is 19.1 Å². The first-order valence-electron chi connectivity index (χ1n) is 8.71. The van der Waals surface area contributed by atoms with Crippen LogP contribution in [0.1, 0.15) is 35.6 Å². The third-order valence-corrected chi connectivity index (χ3v) is 5.12. The average Bonchev–Trinajstić information content (AvgIpc) is 3.10. The van der Waals surface area contributed by atoms with Gasteiger partial charge >= 0.3 is 5.97 Å². The molecule has 0 saturated carbocycles. The Balaban J connectivity index is 2.11. The van der Waals surface area contributed by atoms with Crippen LogP contribution in [-0.4, -0.2) is 27.2 Å². The zero-order valence-corrected chi connectivity index (χ0v) is 15.9. The lowest BCUT2D eigenvalue weighted by Crippen LogP contribution is -2.19. The molecule has 0 spiro atoms. The highest BCUT2D eigenvalue weighted by Gasteiger charge is 2.18. The number of aromatic carboxylic acids is 1. The van der Waals surface area contributed by atoms with Crippen molar-refractivity contribution in [2.45, 2.75) is 33.4 Å². The molecule has 8 heteroatoms. The van der Waals surface area contributed by atoms with Crippen molar-refractivity contribution in [1.29, 1.82) is 0 Å². The molecule has 0 aliphatic rings. The summed E-state index contributed by atoms with van der Waals surface area (Å²) in [4.78, 5) is 28.2. The summed E-state index contributed by atoms with van der Waals surface area (Å²) in [5.41, 5.74) is 0.239. The molecular formula is C19H20FN3O3S. The maximum absolute atomic E-state index is 14.7. The number of hydrogen-bond acceptors (Lipinski definition) is 5. The lowest BCUT2D eigenvalue weighted by molar-refractivity contribution is 0.0695. The second kappa shape index (κ2) is 7.98. The first-order valence-corrected chi connectivity index (χ1v) is 9.59. The van der Waals surface area contributed by atoms with Gasteiger partial charge in [-0.1, -0.05) is 6.92 Å². The van der Waals surface area contributed by atoms with Gasteiger partial charge in [0.25, 0.3) is 0 Å². The first kappa shape index (κ1) is 19.2. The number of fused-ring (bicyclic) bond motifs is 1. The largest absolute Gasteiger partial charge is 0.477 e. The number of hydrogen-bond donors (Lipinski definition) is 2. The van der Waals surface area contributed by atoms with Crippen molar-refractivity contribution >= 4 is 28.2 Å². The summed E-state index contributed by atoms with van der Waals surface area (Å²) in [5, 5.41) is 15.2. The number of pyridine rings is 1. The average molecular weight is 389 g/mol. The Morgan fingerprint density at radius 2 is 2.15 bits per heavy atom. The number of nitrogens with one attached hydrogen (secondary N) is 1. The fraction of sp³-hybridized carbons (Fsp3) is 0.316. The van der Waals surface area contributed by atoms with E-state index in [-0.39, 0.29) is 10.9 Å². The molecule has 27 heavy (non-hydrogen) atoms. The fourth-order valence-corrected chi connectivity index (χ4v) is 3.67. The second-order valence-corrected chi connectivity index (χ2v) is 7.06. The molecular weight excluding hydrogens is 369 g/mol. The highest BCUT2D eigenvalue weighted by Crippen LogP contribution is 2.28. The summed E-state index contributed by atoms with van der Waals surface area (Å²) in [6.45, 7) is 5.86. The number of aryl methyl sites for hydroxylation is 1. The van der Waals surface area contributed by atoms with Crippen molar-refractivity contribution in [3.05, 3.63) is 50.3 Å². The van der Waals surface area contributed by atoms with Crippen molar-refractivity contribution in [3.8, 4) is 11.3 Å². The van der Waals surface area contributed by atoms with E-state index in [1.54, 1.807) is 16.0 Å². The van der Waals surface area contributed by atoms with E-state index in [0.717, 1.165) is 24.0 Å². The Morgan fingerprint density at radius 3 is 2.81 bits per heavy atom. The number of carboxylic acids is 1. The molecule has 142 valence electrons. The highest BCUT2D eigenvalue weighted by molar-refractivity contribution is 7.09. The molecule has 2 aromatic heterocycles. The predicted molar refractivity (Wildman–Crippen MR) is 104 cm³/mol. The number of nitrogens with zero attached hydrogens (tertiary/aromatic N) is 2. The van der Waals surface area contributed by atoms with Crippen molar-refractivity contribution in [2.24, 2.45) is 0 Å². The molecule has 0 amide bonds. The van der Waals surface area contributed by atoms with Crippen LogP contribution in [-0.2, 0) is 13.1 Å². The van der Waals surface area contributed by atoms with Gasteiger partial charge in [0.1, 0.15) is 16.4 Å². The molecule has 0 saturated heterocycles. The summed E-state index contributed by atoms with van der Waals surface area (Å²) < 4.78 is 16.4. The predicted octanol–water partition coefficient (Wildman–Crippen LogP) is 3.48. The van der Waals surface area contributed by atoms with Gasteiger partial charge < -0.3 is 15.0 Å². The van der Waals surface area contributed by atoms with Crippen LogP contribution < -0.4 is 10.7 Å². The van der Waals surface area contributed by atoms with Gasteiger partial charge in [-0.15, -0.1) is 11.3 Å². The smallest absolute Gasteiger partial charge is 0.341 e. The van der Waals surface area contributed by atoms with Gasteiger partial charge in [0, 0.05) is 35.6 Å². The van der Waals surface area contributed by atoms with Gasteiger partial charge in [0.15, 0.2) is 0 Å². The van der Waals surface area contributed by atoms with E-state index in [4.69, 9.17) is 0 Å². The normalized spacial score (nSPS) is 11.2. The molecule has 0 radical (unpaired) electrons. The molecule has 0 bridgehead atoms. The fourth-order valence-electron chi connectivity index (χ4n) is 2.91. The molecule has 0 aliphatic carbocycles. The third kappa shape index (κ3) is 3.77. The van der Waals surface area contributed by atoms with E-state index in [2.05, 4.69) is 17.2 Å². The number of carbonyl (C=O) groups is 1. The van der Waals surface area contributed by atoms with Crippen LogP contribution in [0.2, 0.25) is 0 Å². The number of halogens is 1. The highest BCUT2D eigenvalue weighted by atomic mass is 32.1. The zero-order valence-electron chi connectivity index (χ0n) is 15.1. The minimum atomic E-state index is -1.32. The van der Waals surface area contributed by atoms with Crippen LogP contribution in [0.5, 0.6) is 0 Å². The van der Waals surface area contributed by atoms with Gasteiger partial charge in [0.05, 0.1) is 11.2 Å². The summed E-state index contributed by atoms with van der Waals surface area (Å²) >= 11 is 1.44. The topological polar surface area (TPSA) is 84.2 Å². The number of aromatic nitrogens is 2. The number of rotatable bonds is 7. The first-order chi connectivity index (χ1) is 13.0. The van der Waals surface area contributed by atoms with Crippen molar-refractivity contribution < 1.29 is 14.3 Å². The lowest BCUT2D eigenvalue weighted by Gasteiger charge is -2.12. The molecule has 0 fully saturated rings. The maximum Gasteiger partial charge on any atom is 0.341 e. The summed E-state index contributed by atoms with van der Waals surface area (Å²) in [5.74, 6) is -1.92. The van der Waals surface area contributed by atoms with Crippen molar-refractivity contribution in [3.63, 3.8) is 0 Å². The van der Waals surface area contributed by atoms with E-state index < -0.39 is 17.2 Å². The molecule has 2 heterocycles. The van der Waals surface area contributed by atoms with Crippen molar-refractivity contribution in [1.82, 2.24) is 14.9 Å². The van der Waals surface area contributed by atoms with Crippen LogP contribution in [0.15, 0.2) is 28.5 Å². The van der Waals surface area contributed by atoms with E-state index in [1.165, 1.54) is 17.5 Å². The Morgan fingerprint density at radius 1 is 1.37 bits per heavy atom. The second-order valence-electron chi connectivity index (χ2n) is 6.12. The molecule has 0 unspecified atom stereocenters. The molecule has 0 aliphatic heterocycles. The Labute approximate surface area is 159 Å². The Bertz CT molecular complexity index is 1060. The minimum absolute atomic E-state index is 0.0538.